The summed E-state index contributed by atoms with van der Waals surface area (Å²) < 4.78 is 21.6. The number of anilines is 1. The zero-order valence-electron chi connectivity index (χ0n) is 15.0. The van der Waals surface area contributed by atoms with Gasteiger partial charge in [0.1, 0.15) is 5.75 Å². The fourth-order valence-corrected chi connectivity index (χ4v) is 2.44. The van der Waals surface area contributed by atoms with Gasteiger partial charge >= 0.3 is 5.97 Å². The molecule has 2 aromatic carbocycles. The second-order valence-electron chi connectivity index (χ2n) is 5.94. The van der Waals surface area contributed by atoms with Crippen LogP contribution in [0.3, 0.4) is 0 Å². The topological polar surface area (TPSA) is 83.1 Å². The van der Waals surface area contributed by atoms with Gasteiger partial charge < -0.3 is 24.3 Å². The van der Waals surface area contributed by atoms with E-state index in [0.717, 1.165) is 6.42 Å². The number of carbonyl (C=O) groups excluding carboxylic acids is 2. The molecule has 0 saturated carbocycles. The van der Waals surface area contributed by atoms with E-state index in [4.69, 9.17) is 18.9 Å². The van der Waals surface area contributed by atoms with Crippen molar-refractivity contribution in [3.05, 3.63) is 48.5 Å². The molecule has 2 aromatic rings. The number of ether oxygens (including phenoxy) is 4. The van der Waals surface area contributed by atoms with Crippen LogP contribution in [-0.4, -0.2) is 37.8 Å². The van der Waals surface area contributed by atoms with Crippen molar-refractivity contribution < 1.29 is 28.5 Å². The third-order valence-corrected chi connectivity index (χ3v) is 3.76. The van der Waals surface area contributed by atoms with Gasteiger partial charge in [0.15, 0.2) is 24.2 Å². The van der Waals surface area contributed by atoms with Gasteiger partial charge in [-0.2, -0.15) is 0 Å². The van der Waals surface area contributed by atoms with E-state index in [1.165, 1.54) is 0 Å². The molecule has 27 heavy (non-hydrogen) atoms. The Morgan fingerprint density at radius 2 is 1.81 bits per heavy atom. The standard InChI is InChI=1S/C20H21NO6/c1-14(27-16-6-3-2-4-7-16)20(23)26-13-19(22)21-15-8-9-17-18(12-15)25-11-5-10-24-17/h2-4,6-9,12,14H,5,10-11,13H2,1H3,(H,21,22). The van der Waals surface area contributed by atoms with Gasteiger partial charge in [0.2, 0.25) is 0 Å². The molecule has 1 heterocycles. The van der Waals surface area contributed by atoms with Crippen molar-refractivity contribution in [3.8, 4) is 17.2 Å². The zero-order chi connectivity index (χ0) is 19.1. The molecule has 7 heteroatoms. The first-order chi connectivity index (χ1) is 13.1. The van der Waals surface area contributed by atoms with Crippen molar-refractivity contribution in [2.24, 2.45) is 0 Å². The van der Waals surface area contributed by atoms with Crippen LogP contribution in [0.5, 0.6) is 17.2 Å². The summed E-state index contributed by atoms with van der Waals surface area (Å²) >= 11 is 0. The van der Waals surface area contributed by atoms with Crippen molar-refractivity contribution in [2.45, 2.75) is 19.4 Å². The number of rotatable bonds is 6. The maximum atomic E-state index is 12.0. The van der Waals surface area contributed by atoms with Crippen LogP contribution in [0.2, 0.25) is 0 Å². The summed E-state index contributed by atoms with van der Waals surface area (Å²) in [6, 6.07) is 14.0. The Morgan fingerprint density at radius 3 is 2.59 bits per heavy atom. The number of carbonyl (C=O) groups is 2. The summed E-state index contributed by atoms with van der Waals surface area (Å²) in [4.78, 5) is 24.0. The van der Waals surface area contributed by atoms with Crippen molar-refractivity contribution >= 4 is 17.6 Å². The van der Waals surface area contributed by atoms with Crippen molar-refractivity contribution in [1.29, 1.82) is 0 Å². The molecular formula is C20H21NO6. The van der Waals surface area contributed by atoms with Gasteiger partial charge in [-0.05, 0) is 31.2 Å². The summed E-state index contributed by atoms with van der Waals surface area (Å²) in [5.41, 5.74) is 0.536. The van der Waals surface area contributed by atoms with Gasteiger partial charge in [0.25, 0.3) is 5.91 Å². The number of hydrogen-bond acceptors (Lipinski definition) is 6. The minimum absolute atomic E-state index is 0.407. The average Bonchev–Trinajstić information content (AvgIpc) is 2.92. The predicted octanol–water partition coefficient (Wildman–Crippen LogP) is 2.80. The monoisotopic (exact) mass is 371 g/mol. The molecule has 1 unspecified atom stereocenters. The Morgan fingerprint density at radius 1 is 1.07 bits per heavy atom. The van der Waals surface area contributed by atoms with E-state index in [1.54, 1.807) is 49.4 Å². The third kappa shape index (κ3) is 5.37. The molecule has 0 bridgehead atoms. The van der Waals surface area contributed by atoms with E-state index in [-0.39, 0.29) is 0 Å². The summed E-state index contributed by atoms with van der Waals surface area (Å²) in [6.07, 6.45) is -0.0199. The van der Waals surface area contributed by atoms with Gasteiger partial charge in [-0.1, -0.05) is 18.2 Å². The fraction of sp³-hybridized carbons (Fsp3) is 0.300. The number of para-hydroxylation sites is 1. The molecule has 3 rings (SSSR count). The highest BCUT2D eigenvalue weighted by atomic mass is 16.6. The van der Waals surface area contributed by atoms with E-state index >= 15 is 0 Å². The molecule has 0 aliphatic carbocycles. The Balaban J connectivity index is 1.48. The van der Waals surface area contributed by atoms with Crippen LogP contribution in [0.1, 0.15) is 13.3 Å². The maximum Gasteiger partial charge on any atom is 0.347 e. The Hall–Kier alpha value is -3.22. The summed E-state index contributed by atoms with van der Waals surface area (Å²) in [6.45, 7) is 2.31. The number of benzene rings is 2. The van der Waals surface area contributed by atoms with E-state index < -0.39 is 24.6 Å². The molecule has 1 amide bonds. The normalized spacial score (nSPS) is 13.8. The van der Waals surface area contributed by atoms with Crippen molar-refractivity contribution in [2.75, 3.05) is 25.1 Å². The first kappa shape index (κ1) is 18.6. The molecule has 1 aliphatic rings. The van der Waals surface area contributed by atoms with Crippen LogP contribution in [0.25, 0.3) is 0 Å². The maximum absolute atomic E-state index is 12.0. The van der Waals surface area contributed by atoms with Gasteiger partial charge in [0, 0.05) is 18.2 Å². The average molecular weight is 371 g/mol. The lowest BCUT2D eigenvalue weighted by molar-refractivity contribution is -0.153. The number of nitrogens with one attached hydrogen (secondary N) is 1. The second kappa shape index (κ2) is 8.93. The summed E-state index contributed by atoms with van der Waals surface area (Å²) in [7, 11) is 0. The van der Waals surface area contributed by atoms with Crippen molar-refractivity contribution in [3.63, 3.8) is 0 Å². The molecule has 0 fully saturated rings. The molecule has 1 aliphatic heterocycles. The number of hydrogen-bond donors (Lipinski definition) is 1. The molecular weight excluding hydrogens is 350 g/mol. The van der Waals surface area contributed by atoms with Gasteiger partial charge in [0.05, 0.1) is 13.2 Å². The van der Waals surface area contributed by atoms with Crippen LogP contribution >= 0.6 is 0 Å². The zero-order valence-corrected chi connectivity index (χ0v) is 15.0. The fourth-order valence-electron chi connectivity index (χ4n) is 2.44. The van der Waals surface area contributed by atoms with E-state index in [2.05, 4.69) is 5.32 Å². The quantitative estimate of drug-likeness (QED) is 0.786. The molecule has 1 N–H and O–H groups in total. The summed E-state index contributed by atoms with van der Waals surface area (Å²) in [5, 5.41) is 2.66. The van der Waals surface area contributed by atoms with E-state index in [9.17, 15) is 9.59 Å². The highest BCUT2D eigenvalue weighted by Gasteiger charge is 2.18. The van der Waals surface area contributed by atoms with E-state index in [0.29, 0.717) is 36.1 Å². The predicted molar refractivity (Wildman–Crippen MR) is 98.2 cm³/mol. The first-order valence-corrected chi connectivity index (χ1v) is 8.69. The molecule has 0 saturated heterocycles. The first-order valence-electron chi connectivity index (χ1n) is 8.69. The lowest BCUT2D eigenvalue weighted by atomic mass is 10.2. The minimum atomic E-state index is -0.821. The number of fused-ring (bicyclic) bond motifs is 1. The molecule has 1 atom stereocenters. The SMILES string of the molecule is CC(Oc1ccccc1)C(=O)OCC(=O)Nc1ccc2c(c1)OCCCO2. The smallest absolute Gasteiger partial charge is 0.347 e. The van der Waals surface area contributed by atoms with E-state index in [1.807, 2.05) is 6.07 Å². The van der Waals surface area contributed by atoms with Crippen LogP contribution in [0, 0.1) is 0 Å². The Kier molecular flexibility index (Phi) is 6.14. The lowest BCUT2D eigenvalue weighted by Gasteiger charge is -2.14. The largest absolute Gasteiger partial charge is 0.490 e. The van der Waals surface area contributed by atoms with Crippen molar-refractivity contribution in [1.82, 2.24) is 0 Å². The van der Waals surface area contributed by atoms with Crippen LogP contribution < -0.4 is 19.5 Å². The highest BCUT2D eigenvalue weighted by Crippen LogP contribution is 2.32. The highest BCUT2D eigenvalue weighted by molar-refractivity contribution is 5.93. The molecule has 0 spiro atoms. The number of esters is 1. The van der Waals surface area contributed by atoms with Gasteiger partial charge in [-0.15, -0.1) is 0 Å². The molecule has 7 nitrogen and oxygen atoms in total. The van der Waals surface area contributed by atoms with Crippen LogP contribution in [0.4, 0.5) is 5.69 Å². The van der Waals surface area contributed by atoms with Gasteiger partial charge in [-0.3, -0.25) is 4.79 Å². The Bertz CT molecular complexity index is 792. The Labute approximate surface area is 157 Å². The van der Waals surface area contributed by atoms with Crippen LogP contribution in [0.15, 0.2) is 48.5 Å². The molecule has 0 radical (unpaired) electrons. The molecule has 0 aromatic heterocycles. The van der Waals surface area contributed by atoms with Gasteiger partial charge in [-0.25, -0.2) is 4.79 Å². The minimum Gasteiger partial charge on any atom is -0.490 e. The molecule has 142 valence electrons. The number of amides is 1. The lowest BCUT2D eigenvalue weighted by Crippen LogP contribution is -2.29. The summed E-state index contributed by atoms with van der Waals surface area (Å²) in [5.74, 6) is 0.701. The second-order valence-corrected chi connectivity index (χ2v) is 5.94. The van der Waals surface area contributed by atoms with Crippen LogP contribution in [-0.2, 0) is 14.3 Å². The third-order valence-electron chi connectivity index (χ3n) is 3.76.